The maximum absolute atomic E-state index is 13.1. The van der Waals surface area contributed by atoms with Crippen LogP contribution in [0.4, 0.5) is 0 Å². The summed E-state index contributed by atoms with van der Waals surface area (Å²) in [4.78, 5) is 14.5. The van der Waals surface area contributed by atoms with Gasteiger partial charge >= 0.3 is 0 Å². The van der Waals surface area contributed by atoms with Gasteiger partial charge in [0.15, 0.2) is 5.72 Å². The Morgan fingerprint density at radius 1 is 1.32 bits per heavy atom. The van der Waals surface area contributed by atoms with Crippen molar-refractivity contribution in [2.75, 3.05) is 12.9 Å². The lowest BCUT2D eigenvalue weighted by Crippen LogP contribution is -2.48. The molecular formula is C21H17ClN2O3S. The number of rotatable bonds is 3. The number of thioether (sulfide) groups is 1. The molecule has 142 valence electrons. The Morgan fingerprint density at radius 3 is 2.75 bits per heavy atom. The van der Waals surface area contributed by atoms with Gasteiger partial charge in [-0.3, -0.25) is 9.69 Å². The van der Waals surface area contributed by atoms with Gasteiger partial charge in [0.25, 0.3) is 0 Å². The molecule has 2 aliphatic heterocycles. The number of methoxy groups -OCH3 is 1. The molecule has 0 aliphatic carbocycles. The van der Waals surface area contributed by atoms with Gasteiger partial charge in [0, 0.05) is 22.9 Å². The lowest BCUT2D eigenvalue weighted by atomic mass is 9.85. The van der Waals surface area contributed by atoms with Crippen LogP contribution in [0.15, 0.2) is 59.1 Å². The van der Waals surface area contributed by atoms with Crippen molar-refractivity contribution in [1.29, 1.82) is 5.26 Å². The summed E-state index contributed by atoms with van der Waals surface area (Å²) >= 11 is 7.28. The van der Waals surface area contributed by atoms with Crippen molar-refractivity contribution >= 4 is 29.3 Å². The van der Waals surface area contributed by atoms with Crippen LogP contribution in [0.5, 0.6) is 5.75 Å². The van der Waals surface area contributed by atoms with E-state index in [0.29, 0.717) is 26.9 Å². The van der Waals surface area contributed by atoms with Gasteiger partial charge in [-0.1, -0.05) is 35.9 Å². The summed E-state index contributed by atoms with van der Waals surface area (Å²) in [5, 5.41) is 22.3. The second-order valence-electron chi connectivity index (χ2n) is 6.71. The third-order valence-corrected chi connectivity index (χ3v) is 6.59. The zero-order valence-electron chi connectivity index (χ0n) is 15.1. The number of carbonyl (C=O) groups excluding carboxylic acids is 1. The molecule has 2 atom stereocenters. The molecule has 0 saturated carbocycles. The largest absolute Gasteiger partial charge is 0.497 e. The predicted octanol–water partition coefficient (Wildman–Crippen LogP) is 3.99. The minimum Gasteiger partial charge on any atom is -0.497 e. The van der Waals surface area contributed by atoms with Crippen molar-refractivity contribution in [1.82, 2.24) is 4.90 Å². The molecule has 0 spiro atoms. The summed E-state index contributed by atoms with van der Waals surface area (Å²) in [6.07, 6.45) is 0.107. The maximum atomic E-state index is 13.1. The van der Waals surface area contributed by atoms with Crippen LogP contribution >= 0.6 is 23.4 Å². The van der Waals surface area contributed by atoms with Gasteiger partial charge < -0.3 is 9.84 Å². The molecule has 5 nitrogen and oxygen atoms in total. The molecule has 1 amide bonds. The normalized spacial score (nSPS) is 24.1. The van der Waals surface area contributed by atoms with E-state index in [1.807, 2.05) is 24.3 Å². The average Bonchev–Trinajstić information content (AvgIpc) is 3.07. The van der Waals surface area contributed by atoms with Gasteiger partial charge in [0.2, 0.25) is 5.91 Å². The van der Waals surface area contributed by atoms with Crippen molar-refractivity contribution in [3.63, 3.8) is 0 Å². The van der Waals surface area contributed by atoms with Crippen LogP contribution in [0.2, 0.25) is 5.02 Å². The molecule has 2 aromatic rings. The van der Waals surface area contributed by atoms with E-state index in [2.05, 4.69) is 6.07 Å². The molecule has 4 rings (SSSR count). The monoisotopic (exact) mass is 412 g/mol. The number of carbonyl (C=O) groups is 1. The smallest absolute Gasteiger partial charge is 0.231 e. The molecule has 0 radical (unpaired) electrons. The highest BCUT2D eigenvalue weighted by Gasteiger charge is 2.51. The molecule has 1 saturated heterocycles. The van der Waals surface area contributed by atoms with E-state index in [4.69, 9.17) is 16.3 Å². The number of allylic oxidation sites excluding steroid dienone is 1. The van der Waals surface area contributed by atoms with E-state index < -0.39 is 5.72 Å². The molecule has 2 aliphatic rings. The first kappa shape index (κ1) is 18.9. The first-order valence-electron chi connectivity index (χ1n) is 8.70. The highest BCUT2D eigenvalue weighted by molar-refractivity contribution is 8.03. The number of amides is 1. The van der Waals surface area contributed by atoms with Gasteiger partial charge in [0.05, 0.1) is 29.5 Å². The van der Waals surface area contributed by atoms with Crippen LogP contribution in [0.25, 0.3) is 0 Å². The number of fused-ring (bicyclic) bond motifs is 1. The Hall–Kier alpha value is -2.46. The Bertz CT molecular complexity index is 1020. The first-order valence-corrected chi connectivity index (χ1v) is 10.1. The van der Waals surface area contributed by atoms with Gasteiger partial charge in [-0.25, -0.2) is 0 Å². The van der Waals surface area contributed by atoms with Crippen molar-refractivity contribution in [2.45, 2.75) is 18.1 Å². The van der Waals surface area contributed by atoms with Crippen LogP contribution in [0.1, 0.15) is 23.5 Å². The number of nitrogens with zero attached hydrogens (tertiary/aromatic N) is 2. The molecule has 7 heteroatoms. The number of hydrogen-bond acceptors (Lipinski definition) is 5. The lowest BCUT2D eigenvalue weighted by Gasteiger charge is -2.38. The van der Waals surface area contributed by atoms with E-state index >= 15 is 0 Å². The second-order valence-corrected chi connectivity index (χ2v) is 8.11. The van der Waals surface area contributed by atoms with E-state index in [-0.39, 0.29) is 24.0 Å². The van der Waals surface area contributed by atoms with Crippen molar-refractivity contribution < 1.29 is 14.6 Å². The number of nitriles is 1. The summed E-state index contributed by atoms with van der Waals surface area (Å²) in [5.41, 5.74) is 0.412. The summed E-state index contributed by atoms with van der Waals surface area (Å²) in [6.45, 7) is 0. The summed E-state index contributed by atoms with van der Waals surface area (Å²) in [6, 6.07) is 16.4. The van der Waals surface area contributed by atoms with E-state index in [9.17, 15) is 15.2 Å². The fraction of sp³-hybridized carbons (Fsp3) is 0.238. The lowest BCUT2D eigenvalue weighted by molar-refractivity contribution is -0.149. The molecule has 0 aromatic heterocycles. The highest BCUT2D eigenvalue weighted by Crippen LogP contribution is 2.51. The number of aliphatic hydroxyl groups is 1. The Balaban J connectivity index is 1.79. The molecule has 1 fully saturated rings. The second kappa shape index (κ2) is 7.17. The minimum absolute atomic E-state index is 0.107. The quantitative estimate of drug-likeness (QED) is 0.825. The maximum Gasteiger partial charge on any atom is 0.231 e. The van der Waals surface area contributed by atoms with Crippen LogP contribution in [-0.2, 0) is 10.5 Å². The zero-order chi connectivity index (χ0) is 19.9. The third kappa shape index (κ3) is 2.96. The van der Waals surface area contributed by atoms with Crippen LogP contribution in [0, 0.1) is 11.3 Å². The van der Waals surface area contributed by atoms with Crippen molar-refractivity contribution in [3.05, 3.63) is 75.3 Å². The third-order valence-electron chi connectivity index (χ3n) is 5.11. The average molecular weight is 413 g/mol. The predicted molar refractivity (Wildman–Crippen MR) is 108 cm³/mol. The van der Waals surface area contributed by atoms with E-state index in [1.54, 1.807) is 31.4 Å². The number of halogens is 1. The Kier molecular flexibility index (Phi) is 4.84. The van der Waals surface area contributed by atoms with Gasteiger partial charge in [0.1, 0.15) is 5.75 Å². The van der Waals surface area contributed by atoms with Gasteiger partial charge in [-0.05, 0) is 29.8 Å². The molecule has 2 aromatic carbocycles. The zero-order valence-corrected chi connectivity index (χ0v) is 16.6. The first-order chi connectivity index (χ1) is 13.5. The summed E-state index contributed by atoms with van der Waals surface area (Å²) in [5.74, 6) is 0.348. The number of ether oxygens (including phenoxy) is 1. The number of benzene rings is 2. The molecule has 28 heavy (non-hydrogen) atoms. The highest BCUT2D eigenvalue weighted by atomic mass is 35.5. The topological polar surface area (TPSA) is 73.6 Å². The molecule has 2 heterocycles. The van der Waals surface area contributed by atoms with E-state index in [0.717, 1.165) is 5.56 Å². The standard InChI is InChI=1S/C21H17ClN2O3S/c1-27-16-4-2-3-13(9-16)17-10-19(25)24-20(18(17)11-23)28-12-21(24,26)14-5-7-15(22)8-6-14/h2-9,17,26H,10,12H2,1H3/t17-,21-/m1/s1. The molecular weight excluding hydrogens is 396 g/mol. The van der Waals surface area contributed by atoms with Crippen molar-refractivity contribution in [2.24, 2.45) is 0 Å². The number of hydrogen-bond donors (Lipinski definition) is 1. The molecule has 1 N–H and O–H groups in total. The molecule has 0 unspecified atom stereocenters. The van der Waals surface area contributed by atoms with Gasteiger partial charge in [-0.15, -0.1) is 11.8 Å². The van der Waals surface area contributed by atoms with Crippen molar-refractivity contribution in [3.8, 4) is 11.8 Å². The van der Waals surface area contributed by atoms with Crippen LogP contribution in [-0.4, -0.2) is 28.8 Å². The Morgan fingerprint density at radius 2 is 2.07 bits per heavy atom. The van der Waals surface area contributed by atoms with Crippen LogP contribution in [0.3, 0.4) is 0 Å². The fourth-order valence-electron chi connectivity index (χ4n) is 3.70. The SMILES string of the molecule is COc1cccc([C@H]2CC(=O)N3C(=C2C#N)SC[C@@]3(O)c2ccc(Cl)cc2)c1. The van der Waals surface area contributed by atoms with Gasteiger partial charge in [-0.2, -0.15) is 5.26 Å². The minimum atomic E-state index is -1.50. The molecule has 0 bridgehead atoms. The summed E-state index contributed by atoms with van der Waals surface area (Å²) in [7, 11) is 1.58. The Labute approximate surface area is 172 Å². The van der Waals surface area contributed by atoms with Crippen LogP contribution < -0.4 is 4.74 Å². The van der Waals surface area contributed by atoms with E-state index in [1.165, 1.54) is 16.7 Å². The fourth-order valence-corrected chi connectivity index (χ4v) is 5.18. The summed E-state index contributed by atoms with van der Waals surface area (Å²) < 4.78 is 5.28.